The van der Waals surface area contributed by atoms with Crippen molar-refractivity contribution in [2.75, 3.05) is 6.54 Å². The Kier molecular flexibility index (Phi) is 5.30. The van der Waals surface area contributed by atoms with Crippen LogP contribution in [0.2, 0.25) is 0 Å². The lowest BCUT2D eigenvalue weighted by Gasteiger charge is -2.14. The molecular formula is C13H17FN2O2. The molecule has 1 unspecified atom stereocenters. The maximum atomic E-state index is 12.7. The molecule has 0 radical (unpaired) electrons. The molecule has 0 bridgehead atoms. The summed E-state index contributed by atoms with van der Waals surface area (Å²) < 4.78 is 12.7. The third-order valence-corrected chi connectivity index (χ3v) is 2.47. The normalized spacial score (nSPS) is 11.7. The summed E-state index contributed by atoms with van der Waals surface area (Å²) in [4.78, 5) is 22.2. The highest BCUT2D eigenvalue weighted by Gasteiger charge is 2.09. The Labute approximate surface area is 106 Å². The van der Waals surface area contributed by atoms with Gasteiger partial charge in [0.05, 0.1) is 6.04 Å². The highest BCUT2D eigenvalue weighted by atomic mass is 19.1. The number of amides is 2. The van der Waals surface area contributed by atoms with Gasteiger partial charge in [-0.25, -0.2) is 4.39 Å². The van der Waals surface area contributed by atoms with Crippen molar-refractivity contribution in [1.82, 2.24) is 10.6 Å². The predicted octanol–water partition coefficient (Wildman–Crippen LogP) is 1.53. The Morgan fingerprint density at radius 3 is 2.44 bits per heavy atom. The van der Waals surface area contributed by atoms with Crippen LogP contribution >= 0.6 is 0 Å². The fourth-order valence-corrected chi connectivity index (χ4v) is 1.50. The van der Waals surface area contributed by atoms with Gasteiger partial charge in [-0.15, -0.1) is 0 Å². The van der Waals surface area contributed by atoms with Crippen LogP contribution in [0.25, 0.3) is 0 Å². The molecule has 5 heteroatoms. The second-order valence-electron chi connectivity index (χ2n) is 4.07. The summed E-state index contributed by atoms with van der Waals surface area (Å²) >= 11 is 0. The van der Waals surface area contributed by atoms with Crippen molar-refractivity contribution < 1.29 is 14.0 Å². The molecule has 0 saturated heterocycles. The zero-order valence-electron chi connectivity index (χ0n) is 10.5. The zero-order chi connectivity index (χ0) is 13.5. The van der Waals surface area contributed by atoms with E-state index in [1.165, 1.54) is 19.1 Å². The first-order valence-electron chi connectivity index (χ1n) is 5.78. The van der Waals surface area contributed by atoms with Gasteiger partial charge in [0.25, 0.3) is 0 Å². The third-order valence-electron chi connectivity index (χ3n) is 2.47. The molecule has 0 fully saturated rings. The van der Waals surface area contributed by atoms with E-state index in [0.29, 0.717) is 6.54 Å². The van der Waals surface area contributed by atoms with Gasteiger partial charge in [0.1, 0.15) is 5.82 Å². The van der Waals surface area contributed by atoms with E-state index in [9.17, 15) is 14.0 Å². The van der Waals surface area contributed by atoms with Crippen LogP contribution in [-0.4, -0.2) is 18.4 Å². The van der Waals surface area contributed by atoms with Gasteiger partial charge in [-0.3, -0.25) is 9.59 Å². The van der Waals surface area contributed by atoms with Crippen LogP contribution in [0.3, 0.4) is 0 Å². The van der Waals surface area contributed by atoms with E-state index < -0.39 is 0 Å². The van der Waals surface area contributed by atoms with Gasteiger partial charge in [-0.2, -0.15) is 0 Å². The van der Waals surface area contributed by atoms with E-state index in [1.807, 2.05) is 6.92 Å². The molecule has 4 nitrogen and oxygen atoms in total. The monoisotopic (exact) mass is 252 g/mol. The lowest BCUT2D eigenvalue weighted by atomic mass is 10.1. The standard InChI is InChI=1S/C13H17FN2O2/c1-9(11-3-5-12(14)6-4-11)16-13(18)7-8-15-10(2)17/h3-6,9H,7-8H2,1-2H3,(H,15,17)(H,16,18). The topological polar surface area (TPSA) is 58.2 Å². The fourth-order valence-electron chi connectivity index (χ4n) is 1.50. The van der Waals surface area contributed by atoms with Crippen LogP contribution in [0.5, 0.6) is 0 Å². The van der Waals surface area contributed by atoms with Gasteiger partial charge in [0.2, 0.25) is 11.8 Å². The van der Waals surface area contributed by atoms with Gasteiger partial charge in [0.15, 0.2) is 0 Å². The van der Waals surface area contributed by atoms with Gasteiger partial charge >= 0.3 is 0 Å². The number of benzene rings is 1. The van der Waals surface area contributed by atoms with Crippen LogP contribution in [0.1, 0.15) is 31.9 Å². The van der Waals surface area contributed by atoms with Crippen LogP contribution in [0.15, 0.2) is 24.3 Å². The average molecular weight is 252 g/mol. The second-order valence-corrected chi connectivity index (χ2v) is 4.07. The molecule has 0 aliphatic rings. The highest BCUT2D eigenvalue weighted by molar-refractivity contribution is 5.78. The van der Waals surface area contributed by atoms with Crippen molar-refractivity contribution in [3.8, 4) is 0 Å². The molecule has 2 amide bonds. The largest absolute Gasteiger partial charge is 0.356 e. The first kappa shape index (κ1) is 14.2. The Morgan fingerprint density at radius 1 is 1.28 bits per heavy atom. The highest BCUT2D eigenvalue weighted by Crippen LogP contribution is 2.12. The molecule has 0 spiro atoms. The molecule has 18 heavy (non-hydrogen) atoms. The lowest BCUT2D eigenvalue weighted by Crippen LogP contribution is -2.31. The van der Waals surface area contributed by atoms with E-state index in [1.54, 1.807) is 12.1 Å². The van der Waals surface area contributed by atoms with Gasteiger partial charge in [0, 0.05) is 19.9 Å². The Balaban J connectivity index is 2.39. The minimum absolute atomic E-state index is 0.152. The number of carbonyl (C=O) groups is 2. The summed E-state index contributed by atoms with van der Waals surface area (Å²) in [6.45, 7) is 3.54. The van der Waals surface area contributed by atoms with Crippen molar-refractivity contribution in [1.29, 1.82) is 0 Å². The number of hydrogen-bond donors (Lipinski definition) is 2. The van der Waals surface area contributed by atoms with Crippen molar-refractivity contribution >= 4 is 11.8 Å². The Morgan fingerprint density at radius 2 is 1.89 bits per heavy atom. The van der Waals surface area contributed by atoms with Crippen LogP contribution in [0.4, 0.5) is 4.39 Å². The summed E-state index contributed by atoms with van der Waals surface area (Å²) in [6.07, 6.45) is 0.227. The lowest BCUT2D eigenvalue weighted by molar-refractivity contribution is -0.122. The summed E-state index contributed by atoms with van der Waals surface area (Å²) in [5.74, 6) is -0.613. The second kappa shape index (κ2) is 6.74. The van der Waals surface area contributed by atoms with E-state index in [2.05, 4.69) is 10.6 Å². The van der Waals surface area contributed by atoms with Crippen LogP contribution in [-0.2, 0) is 9.59 Å². The SMILES string of the molecule is CC(=O)NCCC(=O)NC(C)c1ccc(F)cc1. The van der Waals surface area contributed by atoms with E-state index in [-0.39, 0.29) is 30.1 Å². The fraction of sp³-hybridized carbons (Fsp3) is 0.385. The summed E-state index contributed by atoms with van der Waals surface area (Å²) in [5, 5.41) is 5.32. The molecule has 0 aliphatic heterocycles. The molecule has 2 N–H and O–H groups in total. The van der Waals surface area contributed by atoms with Crippen molar-refractivity contribution in [2.45, 2.75) is 26.3 Å². The Hall–Kier alpha value is -1.91. The van der Waals surface area contributed by atoms with Crippen molar-refractivity contribution in [3.63, 3.8) is 0 Å². The molecule has 0 aromatic heterocycles. The van der Waals surface area contributed by atoms with Crippen LogP contribution < -0.4 is 10.6 Å². The maximum Gasteiger partial charge on any atom is 0.222 e. The molecule has 98 valence electrons. The number of rotatable bonds is 5. The average Bonchev–Trinajstić information content (AvgIpc) is 2.29. The van der Waals surface area contributed by atoms with Crippen molar-refractivity contribution in [3.05, 3.63) is 35.6 Å². The summed E-state index contributed by atoms with van der Waals surface area (Å²) in [7, 11) is 0. The molecule has 1 aromatic carbocycles. The molecule has 0 heterocycles. The van der Waals surface area contributed by atoms with Gasteiger partial charge in [-0.05, 0) is 24.6 Å². The molecule has 1 atom stereocenters. The molecular weight excluding hydrogens is 235 g/mol. The minimum Gasteiger partial charge on any atom is -0.356 e. The molecule has 0 saturated carbocycles. The molecule has 1 aromatic rings. The molecule has 0 aliphatic carbocycles. The molecule has 1 rings (SSSR count). The Bertz CT molecular complexity index is 418. The van der Waals surface area contributed by atoms with Gasteiger partial charge in [-0.1, -0.05) is 12.1 Å². The van der Waals surface area contributed by atoms with Crippen LogP contribution in [0, 0.1) is 5.82 Å². The first-order chi connectivity index (χ1) is 8.49. The van der Waals surface area contributed by atoms with Gasteiger partial charge < -0.3 is 10.6 Å². The third kappa shape index (κ3) is 4.95. The van der Waals surface area contributed by atoms with E-state index >= 15 is 0 Å². The number of hydrogen-bond acceptors (Lipinski definition) is 2. The quantitative estimate of drug-likeness (QED) is 0.835. The van der Waals surface area contributed by atoms with E-state index in [4.69, 9.17) is 0 Å². The zero-order valence-corrected chi connectivity index (χ0v) is 10.5. The predicted molar refractivity (Wildman–Crippen MR) is 66.3 cm³/mol. The van der Waals surface area contributed by atoms with E-state index in [0.717, 1.165) is 5.56 Å². The number of nitrogens with one attached hydrogen (secondary N) is 2. The number of halogens is 1. The first-order valence-corrected chi connectivity index (χ1v) is 5.78. The smallest absolute Gasteiger partial charge is 0.222 e. The summed E-state index contributed by atoms with van der Waals surface area (Å²) in [6, 6.07) is 5.79. The number of carbonyl (C=O) groups excluding carboxylic acids is 2. The van der Waals surface area contributed by atoms with Crippen molar-refractivity contribution in [2.24, 2.45) is 0 Å². The summed E-state index contributed by atoms with van der Waals surface area (Å²) in [5.41, 5.74) is 0.837. The minimum atomic E-state index is -0.303. The maximum absolute atomic E-state index is 12.7.